The Morgan fingerprint density at radius 3 is 2.76 bits per heavy atom. The van der Waals surface area contributed by atoms with E-state index >= 15 is 0 Å². The van der Waals surface area contributed by atoms with E-state index in [1.54, 1.807) is 0 Å². The summed E-state index contributed by atoms with van der Waals surface area (Å²) in [7, 11) is 0. The standard InChI is InChI=1S/C20H17N3O2/c24-19(18-13-23-20(25-18)14-6-2-1-3-7-14)21-11-10-15-12-22-17-9-5-4-8-16(15)17/h1-9,12-13,22H,10-11H2,(H,21,24). The van der Waals surface area contributed by atoms with Gasteiger partial charge in [-0.1, -0.05) is 36.4 Å². The highest BCUT2D eigenvalue weighted by molar-refractivity contribution is 5.91. The van der Waals surface area contributed by atoms with Crippen molar-refractivity contribution in [3.8, 4) is 11.5 Å². The van der Waals surface area contributed by atoms with Crippen molar-refractivity contribution in [3.63, 3.8) is 0 Å². The number of nitrogens with zero attached hydrogens (tertiary/aromatic N) is 1. The lowest BCUT2D eigenvalue weighted by molar-refractivity contribution is 0.0927. The van der Waals surface area contributed by atoms with Crippen LogP contribution in [0.2, 0.25) is 0 Å². The van der Waals surface area contributed by atoms with Gasteiger partial charge in [0.1, 0.15) is 0 Å². The molecular weight excluding hydrogens is 314 g/mol. The molecule has 0 fully saturated rings. The molecular formula is C20H17N3O2. The zero-order valence-electron chi connectivity index (χ0n) is 13.5. The molecule has 2 heterocycles. The van der Waals surface area contributed by atoms with Gasteiger partial charge in [-0.15, -0.1) is 0 Å². The van der Waals surface area contributed by atoms with Gasteiger partial charge in [-0.05, 0) is 30.2 Å². The van der Waals surface area contributed by atoms with E-state index in [0.29, 0.717) is 12.4 Å². The Morgan fingerprint density at radius 1 is 1.08 bits per heavy atom. The largest absolute Gasteiger partial charge is 0.431 e. The maximum atomic E-state index is 12.2. The number of para-hydroxylation sites is 1. The number of nitrogens with one attached hydrogen (secondary N) is 2. The lowest BCUT2D eigenvalue weighted by Crippen LogP contribution is -2.25. The summed E-state index contributed by atoms with van der Waals surface area (Å²) in [6.07, 6.45) is 4.19. The predicted octanol–water partition coefficient (Wildman–Crippen LogP) is 3.80. The van der Waals surface area contributed by atoms with E-state index in [9.17, 15) is 4.79 Å². The Kier molecular flexibility index (Phi) is 4.04. The molecule has 0 aliphatic rings. The number of hydrogen-bond donors (Lipinski definition) is 2. The first-order valence-corrected chi connectivity index (χ1v) is 8.16. The van der Waals surface area contributed by atoms with Crippen LogP contribution in [0, 0.1) is 0 Å². The summed E-state index contributed by atoms with van der Waals surface area (Å²) in [5, 5.41) is 4.06. The molecule has 0 bridgehead atoms. The van der Waals surface area contributed by atoms with Crippen LogP contribution >= 0.6 is 0 Å². The summed E-state index contributed by atoms with van der Waals surface area (Å²) in [6.45, 7) is 0.530. The van der Waals surface area contributed by atoms with Crippen LogP contribution < -0.4 is 5.32 Å². The molecule has 0 atom stereocenters. The number of carbonyl (C=O) groups is 1. The molecule has 124 valence electrons. The summed E-state index contributed by atoms with van der Waals surface area (Å²) in [4.78, 5) is 19.6. The molecule has 2 aromatic heterocycles. The fourth-order valence-corrected chi connectivity index (χ4v) is 2.83. The van der Waals surface area contributed by atoms with Crippen LogP contribution in [0.5, 0.6) is 0 Å². The van der Waals surface area contributed by atoms with Gasteiger partial charge in [-0.2, -0.15) is 0 Å². The van der Waals surface area contributed by atoms with Gasteiger partial charge in [0, 0.05) is 29.2 Å². The van der Waals surface area contributed by atoms with E-state index in [0.717, 1.165) is 17.5 Å². The molecule has 2 N–H and O–H groups in total. The van der Waals surface area contributed by atoms with Gasteiger partial charge in [-0.25, -0.2) is 4.98 Å². The highest BCUT2D eigenvalue weighted by atomic mass is 16.4. The Morgan fingerprint density at radius 2 is 1.88 bits per heavy atom. The van der Waals surface area contributed by atoms with Crippen LogP contribution in [0.3, 0.4) is 0 Å². The van der Waals surface area contributed by atoms with E-state index in [1.165, 1.54) is 17.1 Å². The zero-order valence-corrected chi connectivity index (χ0v) is 13.5. The molecule has 5 heteroatoms. The van der Waals surface area contributed by atoms with Crippen molar-refractivity contribution in [2.45, 2.75) is 6.42 Å². The number of oxazole rings is 1. The molecule has 4 rings (SSSR count). The summed E-state index contributed by atoms with van der Waals surface area (Å²) in [6, 6.07) is 17.6. The van der Waals surface area contributed by atoms with Crippen molar-refractivity contribution in [1.29, 1.82) is 0 Å². The summed E-state index contributed by atoms with van der Waals surface area (Å²) in [5.74, 6) is 0.412. The fourth-order valence-electron chi connectivity index (χ4n) is 2.83. The van der Waals surface area contributed by atoms with Crippen LogP contribution in [0.25, 0.3) is 22.4 Å². The predicted molar refractivity (Wildman–Crippen MR) is 96.3 cm³/mol. The monoisotopic (exact) mass is 331 g/mol. The normalized spacial score (nSPS) is 10.9. The second-order valence-electron chi connectivity index (χ2n) is 5.76. The number of rotatable bonds is 5. The molecule has 0 saturated heterocycles. The Hall–Kier alpha value is -3.34. The van der Waals surface area contributed by atoms with Gasteiger partial charge >= 0.3 is 0 Å². The third-order valence-corrected chi connectivity index (χ3v) is 4.11. The number of H-pyrrole nitrogens is 1. The van der Waals surface area contributed by atoms with Gasteiger partial charge in [0.15, 0.2) is 0 Å². The van der Waals surface area contributed by atoms with Crippen molar-refractivity contribution < 1.29 is 9.21 Å². The first-order valence-electron chi connectivity index (χ1n) is 8.16. The lowest BCUT2D eigenvalue weighted by Gasteiger charge is -2.02. The second kappa shape index (κ2) is 6.65. The number of aromatic amines is 1. The van der Waals surface area contributed by atoms with Crippen LogP contribution in [-0.2, 0) is 6.42 Å². The molecule has 2 aromatic carbocycles. The summed E-state index contributed by atoms with van der Waals surface area (Å²) >= 11 is 0. The molecule has 4 aromatic rings. The quantitative estimate of drug-likeness (QED) is 0.584. The fraction of sp³-hybridized carbons (Fsp3) is 0.100. The van der Waals surface area contributed by atoms with Gasteiger partial charge in [0.05, 0.1) is 6.20 Å². The van der Waals surface area contributed by atoms with E-state index in [-0.39, 0.29) is 11.7 Å². The average Bonchev–Trinajstić information content (AvgIpc) is 3.30. The molecule has 0 unspecified atom stereocenters. The first kappa shape index (κ1) is 15.2. The second-order valence-corrected chi connectivity index (χ2v) is 5.76. The number of carbonyl (C=O) groups excluding carboxylic acids is 1. The minimum Gasteiger partial charge on any atom is -0.431 e. The lowest BCUT2D eigenvalue weighted by atomic mass is 10.1. The molecule has 5 nitrogen and oxygen atoms in total. The van der Waals surface area contributed by atoms with Gasteiger partial charge < -0.3 is 14.7 Å². The van der Waals surface area contributed by atoms with E-state index < -0.39 is 0 Å². The van der Waals surface area contributed by atoms with Crippen molar-refractivity contribution >= 4 is 16.8 Å². The van der Waals surface area contributed by atoms with Crippen LogP contribution in [0.4, 0.5) is 0 Å². The van der Waals surface area contributed by atoms with Gasteiger partial charge in [0.2, 0.25) is 11.7 Å². The van der Waals surface area contributed by atoms with Crippen LogP contribution in [-0.4, -0.2) is 22.4 Å². The summed E-state index contributed by atoms with van der Waals surface area (Å²) < 4.78 is 5.56. The molecule has 25 heavy (non-hydrogen) atoms. The first-order chi connectivity index (χ1) is 12.3. The number of aromatic nitrogens is 2. The van der Waals surface area contributed by atoms with Crippen molar-refractivity contribution in [1.82, 2.24) is 15.3 Å². The number of fused-ring (bicyclic) bond motifs is 1. The smallest absolute Gasteiger partial charge is 0.288 e. The molecule has 0 aliphatic carbocycles. The van der Waals surface area contributed by atoms with Crippen molar-refractivity contribution in [3.05, 3.63) is 78.3 Å². The number of hydrogen-bond acceptors (Lipinski definition) is 3. The van der Waals surface area contributed by atoms with Crippen LogP contribution in [0.15, 0.2) is 71.4 Å². The van der Waals surface area contributed by atoms with Crippen molar-refractivity contribution in [2.24, 2.45) is 0 Å². The van der Waals surface area contributed by atoms with Crippen LogP contribution in [0.1, 0.15) is 16.1 Å². The van der Waals surface area contributed by atoms with E-state index in [2.05, 4.69) is 21.4 Å². The molecule has 0 aliphatic heterocycles. The summed E-state index contributed by atoms with van der Waals surface area (Å²) in [5.41, 5.74) is 3.13. The minimum absolute atomic E-state index is 0.220. The maximum Gasteiger partial charge on any atom is 0.288 e. The third-order valence-electron chi connectivity index (χ3n) is 4.11. The van der Waals surface area contributed by atoms with Gasteiger partial charge in [0.25, 0.3) is 5.91 Å². The average molecular weight is 331 g/mol. The third kappa shape index (κ3) is 3.17. The molecule has 0 saturated carbocycles. The maximum absolute atomic E-state index is 12.2. The molecule has 0 spiro atoms. The topological polar surface area (TPSA) is 70.9 Å². The number of amides is 1. The van der Waals surface area contributed by atoms with E-state index in [4.69, 9.17) is 4.42 Å². The Bertz CT molecular complexity index is 1000. The SMILES string of the molecule is O=C(NCCc1c[nH]c2ccccc12)c1cnc(-c2ccccc2)o1. The zero-order chi connectivity index (χ0) is 17.1. The van der Waals surface area contributed by atoms with E-state index in [1.807, 2.05) is 54.7 Å². The highest BCUT2D eigenvalue weighted by Crippen LogP contribution is 2.19. The minimum atomic E-state index is -0.255. The number of benzene rings is 2. The Labute approximate surface area is 144 Å². The molecule has 1 amide bonds. The Balaban J connectivity index is 1.39. The van der Waals surface area contributed by atoms with Crippen molar-refractivity contribution in [2.75, 3.05) is 6.54 Å². The highest BCUT2D eigenvalue weighted by Gasteiger charge is 2.13. The molecule has 0 radical (unpaired) electrons. The van der Waals surface area contributed by atoms with Gasteiger partial charge in [-0.3, -0.25) is 4.79 Å².